The number of tetrazole rings is 1. The van der Waals surface area contributed by atoms with Gasteiger partial charge in [0.05, 0.1) is 12.3 Å². The number of aromatic nitrogens is 4. The molecule has 9 heteroatoms. The Morgan fingerprint density at radius 3 is 3.00 bits per heavy atom. The van der Waals surface area contributed by atoms with Gasteiger partial charge in [0.15, 0.2) is 6.23 Å². The number of hydrazone groups is 1. The molecule has 0 aliphatic carbocycles. The van der Waals surface area contributed by atoms with Crippen LogP contribution in [0.5, 0.6) is 0 Å². The lowest BCUT2D eigenvalue weighted by molar-refractivity contribution is -0.114. The van der Waals surface area contributed by atoms with Gasteiger partial charge >= 0.3 is 6.09 Å². The maximum absolute atomic E-state index is 12.4. The Balaban J connectivity index is 1.72. The number of carbonyl (C=O) groups is 1. The molecule has 1 aromatic carbocycles. The maximum atomic E-state index is 12.4. The topological polar surface area (TPSA) is 94.7 Å². The van der Waals surface area contributed by atoms with Crippen LogP contribution in [0.4, 0.5) is 4.79 Å². The molecule has 0 saturated carbocycles. The molecule has 2 unspecified atom stereocenters. The lowest BCUT2D eigenvalue weighted by Crippen LogP contribution is -2.50. The second-order valence-corrected chi connectivity index (χ2v) is 6.21. The van der Waals surface area contributed by atoms with Gasteiger partial charge in [-0.25, -0.2) is 4.79 Å². The number of carbonyl (C=O) groups excluding carboxylic acids is 1. The van der Waals surface area contributed by atoms with Crippen molar-refractivity contribution in [3.63, 3.8) is 0 Å². The molecule has 2 aliphatic heterocycles. The van der Waals surface area contributed by atoms with Crippen molar-refractivity contribution in [1.29, 1.82) is 0 Å². The minimum atomic E-state index is -0.514. The van der Waals surface area contributed by atoms with E-state index in [2.05, 4.69) is 20.6 Å². The van der Waals surface area contributed by atoms with E-state index < -0.39 is 12.3 Å². The van der Waals surface area contributed by atoms with Gasteiger partial charge in [-0.2, -0.15) is 14.8 Å². The van der Waals surface area contributed by atoms with Gasteiger partial charge in [0.2, 0.25) is 5.82 Å². The van der Waals surface area contributed by atoms with E-state index in [1.54, 1.807) is 11.6 Å². The quantitative estimate of drug-likeness (QED) is 0.834. The van der Waals surface area contributed by atoms with Crippen LogP contribution in [0.25, 0.3) is 5.69 Å². The number of hydrogen-bond donors (Lipinski definition) is 0. The number of benzene rings is 1. The Morgan fingerprint density at radius 1 is 1.35 bits per heavy atom. The smallest absolute Gasteiger partial charge is 0.432 e. The third-order valence-electron chi connectivity index (χ3n) is 4.52. The van der Waals surface area contributed by atoms with Crippen LogP contribution in [0.1, 0.15) is 32.0 Å². The third-order valence-corrected chi connectivity index (χ3v) is 4.52. The van der Waals surface area contributed by atoms with Crippen molar-refractivity contribution in [3.05, 3.63) is 36.2 Å². The number of ether oxygens (including phenoxy) is 2. The van der Waals surface area contributed by atoms with Crippen molar-refractivity contribution in [1.82, 2.24) is 25.2 Å². The van der Waals surface area contributed by atoms with E-state index in [1.807, 2.05) is 30.3 Å². The number of nitrogens with zero attached hydrogens (tertiary/aromatic N) is 6. The van der Waals surface area contributed by atoms with Crippen LogP contribution in [0.3, 0.4) is 0 Å². The summed E-state index contributed by atoms with van der Waals surface area (Å²) in [5.74, 6) is 0.663. The molecule has 26 heavy (non-hydrogen) atoms. The minimum Gasteiger partial charge on any atom is -0.448 e. The van der Waals surface area contributed by atoms with Gasteiger partial charge in [-0.05, 0) is 42.3 Å². The highest BCUT2D eigenvalue weighted by Crippen LogP contribution is 2.32. The summed E-state index contributed by atoms with van der Waals surface area (Å²) in [4.78, 5) is 12.4. The summed E-state index contributed by atoms with van der Waals surface area (Å²) >= 11 is 0. The number of fused-ring (bicyclic) bond motifs is 1. The molecule has 1 saturated heterocycles. The zero-order valence-electron chi connectivity index (χ0n) is 14.5. The van der Waals surface area contributed by atoms with Crippen molar-refractivity contribution in [2.75, 3.05) is 13.2 Å². The van der Waals surface area contributed by atoms with E-state index >= 15 is 0 Å². The first-order valence-corrected chi connectivity index (χ1v) is 8.77. The van der Waals surface area contributed by atoms with Crippen LogP contribution in [0.15, 0.2) is 35.4 Å². The number of rotatable bonds is 3. The highest BCUT2D eigenvalue weighted by atomic mass is 16.6. The predicted octanol–water partition coefficient (Wildman–Crippen LogP) is 1.98. The summed E-state index contributed by atoms with van der Waals surface area (Å²) in [7, 11) is 0. The standard InChI is InChI=1S/C17H20N6O3/c1-2-25-17(24)23-16-12(7-6-10-26-16)11-14(19-23)15-18-20-21-22(15)13-8-4-3-5-9-13/h3-5,8-9,12,16H,2,6-7,10-11H2,1H3. The van der Waals surface area contributed by atoms with Crippen molar-refractivity contribution in [2.45, 2.75) is 32.4 Å². The molecule has 9 nitrogen and oxygen atoms in total. The molecule has 1 amide bonds. The molecule has 1 fully saturated rings. The average molecular weight is 356 g/mol. The molecule has 136 valence electrons. The van der Waals surface area contributed by atoms with Gasteiger partial charge in [-0.15, -0.1) is 5.10 Å². The molecular formula is C17H20N6O3. The maximum Gasteiger partial charge on any atom is 0.432 e. The molecule has 0 N–H and O–H groups in total. The van der Waals surface area contributed by atoms with E-state index in [0.29, 0.717) is 24.6 Å². The summed E-state index contributed by atoms with van der Waals surface area (Å²) < 4.78 is 12.6. The highest BCUT2D eigenvalue weighted by Gasteiger charge is 2.40. The van der Waals surface area contributed by atoms with Crippen LogP contribution in [0.2, 0.25) is 0 Å². The van der Waals surface area contributed by atoms with Gasteiger partial charge in [-0.3, -0.25) is 0 Å². The highest BCUT2D eigenvalue weighted by molar-refractivity contribution is 5.99. The molecule has 4 rings (SSSR count). The van der Waals surface area contributed by atoms with Crippen molar-refractivity contribution in [2.24, 2.45) is 11.0 Å². The molecule has 0 bridgehead atoms. The summed E-state index contributed by atoms with van der Waals surface area (Å²) in [6, 6.07) is 9.59. The van der Waals surface area contributed by atoms with E-state index in [-0.39, 0.29) is 12.5 Å². The Hall–Kier alpha value is -2.81. The zero-order valence-corrected chi connectivity index (χ0v) is 14.5. The second-order valence-electron chi connectivity index (χ2n) is 6.21. The van der Waals surface area contributed by atoms with E-state index in [4.69, 9.17) is 9.47 Å². The fraction of sp³-hybridized carbons (Fsp3) is 0.471. The van der Waals surface area contributed by atoms with E-state index in [0.717, 1.165) is 18.5 Å². The Morgan fingerprint density at radius 2 is 2.19 bits per heavy atom. The first-order chi connectivity index (χ1) is 12.8. The van der Waals surface area contributed by atoms with Gasteiger partial charge in [0, 0.05) is 18.9 Å². The molecular weight excluding hydrogens is 336 g/mol. The van der Waals surface area contributed by atoms with Gasteiger partial charge < -0.3 is 9.47 Å². The van der Waals surface area contributed by atoms with Gasteiger partial charge in [0.1, 0.15) is 5.71 Å². The Kier molecular flexibility index (Phi) is 4.61. The normalized spacial score (nSPS) is 22.5. The molecule has 2 aromatic rings. The lowest BCUT2D eigenvalue weighted by Gasteiger charge is -2.39. The monoisotopic (exact) mass is 356 g/mol. The van der Waals surface area contributed by atoms with Gasteiger partial charge in [-0.1, -0.05) is 18.2 Å². The van der Waals surface area contributed by atoms with Crippen LogP contribution < -0.4 is 0 Å². The molecule has 1 aromatic heterocycles. The zero-order chi connectivity index (χ0) is 17.9. The van der Waals surface area contributed by atoms with Gasteiger partial charge in [0.25, 0.3) is 0 Å². The van der Waals surface area contributed by atoms with E-state index in [9.17, 15) is 4.79 Å². The largest absolute Gasteiger partial charge is 0.448 e. The first kappa shape index (κ1) is 16.6. The molecule has 2 aliphatic rings. The fourth-order valence-corrected chi connectivity index (χ4v) is 3.36. The summed E-state index contributed by atoms with van der Waals surface area (Å²) in [5.41, 5.74) is 1.48. The number of para-hydroxylation sites is 1. The molecule has 2 atom stereocenters. The third kappa shape index (κ3) is 3.05. The second kappa shape index (κ2) is 7.20. The van der Waals surface area contributed by atoms with Crippen molar-refractivity contribution < 1.29 is 14.3 Å². The predicted molar refractivity (Wildman–Crippen MR) is 91.6 cm³/mol. The fourth-order valence-electron chi connectivity index (χ4n) is 3.36. The first-order valence-electron chi connectivity index (χ1n) is 8.77. The Labute approximate surface area is 150 Å². The van der Waals surface area contributed by atoms with Crippen molar-refractivity contribution >= 4 is 11.8 Å². The molecule has 3 heterocycles. The van der Waals surface area contributed by atoms with Crippen LogP contribution in [0, 0.1) is 5.92 Å². The minimum absolute atomic E-state index is 0.140. The SMILES string of the molecule is CCOC(=O)N1N=C(c2nnnn2-c2ccccc2)CC2CCCOC21. The summed E-state index contributed by atoms with van der Waals surface area (Å²) in [6.07, 6.45) is 1.64. The summed E-state index contributed by atoms with van der Waals surface area (Å²) in [6.45, 7) is 2.66. The average Bonchev–Trinajstić information content (AvgIpc) is 3.18. The lowest BCUT2D eigenvalue weighted by atomic mass is 9.91. The molecule has 0 spiro atoms. The Bertz CT molecular complexity index is 806. The summed E-state index contributed by atoms with van der Waals surface area (Å²) in [5, 5.41) is 17.8. The van der Waals surface area contributed by atoms with Crippen LogP contribution in [-0.2, 0) is 9.47 Å². The van der Waals surface area contributed by atoms with E-state index in [1.165, 1.54) is 5.01 Å². The number of hydrogen-bond acceptors (Lipinski definition) is 7. The molecule has 0 radical (unpaired) electrons. The number of amides is 1. The van der Waals surface area contributed by atoms with Crippen molar-refractivity contribution in [3.8, 4) is 5.69 Å². The van der Waals surface area contributed by atoms with Crippen LogP contribution >= 0.6 is 0 Å². The van der Waals surface area contributed by atoms with Crippen LogP contribution in [-0.4, -0.2) is 56.5 Å².